The summed E-state index contributed by atoms with van der Waals surface area (Å²) < 4.78 is 16.8. The number of ether oxygens (including phenoxy) is 3. The van der Waals surface area contributed by atoms with Gasteiger partial charge in [0.1, 0.15) is 29.6 Å². The highest BCUT2D eigenvalue weighted by Gasteiger charge is 2.35. The summed E-state index contributed by atoms with van der Waals surface area (Å²) in [4.78, 5) is 40.4. The number of amides is 2. The summed E-state index contributed by atoms with van der Waals surface area (Å²) in [5.41, 5.74) is 3.55. The molecule has 8 heteroatoms. The molecule has 1 heterocycles. The molecule has 1 atom stereocenters. The number of fused-ring (bicyclic) bond motifs is 1. The van der Waals surface area contributed by atoms with Crippen LogP contribution in [0.4, 0.5) is 10.5 Å². The van der Waals surface area contributed by atoms with Crippen LogP contribution in [0, 0.1) is 0 Å². The van der Waals surface area contributed by atoms with Crippen molar-refractivity contribution < 1.29 is 28.6 Å². The van der Waals surface area contributed by atoms with Crippen molar-refractivity contribution in [2.75, 3.05) is 11.4 Å². The van der Waals surface area contributed by atoms with Crippen molar-refractivity contribution in [2.45, 2.75) is 78.2 Å². The first kappa shape index (κ1) is 30.6. The monoisotopic (exact) mass is 572 g/mol. The fourth-order valence-corrected chi connectivity index (χ4v) is 4.68. The van der Waals surface area contributed by atoms with E-state index < -0.39 is 35.2 Å². The molecule has 2 amide bonds. The molecule has 3 aromatic carbocycles. The van der Waals surface area contributed by atoms with Crippen molar-refractivity contribution in [3.8, 4) is 16.9 Å². The van der Waals surface area contributed by atoms with Crippen LogP contribution in [-0.2, 0) is 32.1 Å². The number of carbonyl (C=O) groups is 3. The minimum Gasteiger partial charge on any atom is -0.489 e. The predicted molar refractivity (Wildman–Crippen MR) is 162 cm³/mol. The largest absolute Gasteiger partial charge is 0.489 e. The van der Waals surface area contributed by atoms with E-state index in [1.165, 1.54) is 0 Å². The summed E-state index contributed by atoms with van der Waals surface area (Å²) in [6.07, 6.45) is -0.467. The Labute approximate surface area is 248 Å². The molecule has 0 saturated carbocycles. The Morgan fingerprint density at radius 1 is 0.833 bits per heavy atom. The smallest absolute Gasteiger partial charge is 0.408 e. The lowest BCUT2D eigenvalue weighted by molar-refractivity contribution is -0.156. The molecule has 0 bridgehead atoms. The Kier molecular flexibility index (Phi) is 9.24. The van der Waals surface area contributed by atoms with Crippen LogP contribution in [0.15, 0.2) is 72.8 Å². The van der Waals surface area contributed by atoms with Gasteiger partial charge in [-0.25, -0.2) is 4.79 Å². The van der Waals surface area contributed by atoms with Gasteiger partial charge in [-0.15, -0.1) is 0 Å². The molecular formula is C34H40N2O6. The molecule has 0 spiro atoms. The van der Waals surface area contributed by atoms with Gasteiger partial charge in [-0.2, -0.15) is 0 Å². The zero-order valence-corrected chi connectivity index (χ0v) is 25.2. The number of hydrogen-bond donors (Lipinski definition) is 1. The minimum absolute atomic E-state index is 0.314. The highest BCUT2D eigenvalue weighted by atomic mass is 16.6. The molecule has 1 aliphatic heterocycles. The summed E-state index contributed by atoms with van der Waals surface area (Å²) >= 11 is 0. The van der Waals surface area contributed by atoms with E-state index in [1.54, 1.807) is 46.4 Å². The van der Waals surface area contributed by atoms with E-state index in [2.05, 4.69) is 41.7 Å². The summed E-state index contributed by atoms with van der Waals surface area (Å²) in [7, 11) is 0. The zero-order valence-electron chi connectivity index (χ0n) is 25.2. The molecule has 1 aliphatic rings. The van der Waals surface area contributed by atoms with E-state index in [0.717, 1.165) is 27.9 Å². The Morgan fingerprint density at radius 2 is 1.48 bits per heavy atom. The van der Waals surface area contributed by atoms with Crippen molar-refractivity contribution in [1.82, 2.24) is 5.32 Å². The summed E-state index contributed by atoms with van der Waals surface area (Å²) in [5, 5.41) is 2.58. The zero-order chi connectivity index (χ0) is 30.5. The minimum atomic E-state index is -1.14. The summed E-state index contributed by atoms with van der Waals surface area (Å²) in [6, 6.07) is 22.9. The Bertz CT molecular complexity index is 1370. The maximum absolute atomic E-state index is 13.7. The van der Waals surface area contributed by atoms with Crippen LogP contribution < -0.4 is 15.0 Å². The van der Waals surface area contributed by atoms with Gasteiger partial charge < -0.3 is 24.4 Å². The van der Waals surface area contributed by atoms with Crippen LogP contribution in [0.3, 0.4) is 0 Å². The van der Waals surface area contributed by atoms with E-state index in [0.29, 0.717) is 25.3 Å². The average Bonchev–Trinajstić information content (AvgIpc) is 3.33. The number of carbonyl (C=O) groups excluding carboxylic acids is 3. The second-order valence-corrected chi connectivity index (χ2v) is 12.4. The third kappa shape index (κ3) is 8.59. The van der Waals surface area contributed by atoms with Crippen LogP contribution in [0.5, 0.6) is 5.75 Å². The highest BCUT2D eigenvalue weighted by molar-refractivity contribution is 6.02. The third-order valence-corrected chi connectivity index (χ3v) is 6.46. The molecule has 0 aromatic heterocycles. The molecule has 4 rings (SSSR count). The molecule has 8 nitrogen and oxygen atoms in total. The molecule has 42 heavy (non-hydrogen) atoms. The Hall–Kier alpha value is -4.33. The van der Waals surface area contributed by atoms with Crippen LogP contribution >= 0.6 is 0 Å². The van der Waals surface area contributed by atoms with Gasteiger partial charge in [0.2, 0.25) is 5.91 Å². The van der Waals surface area contributed by atoms with E-state index in [1.807, 2.05) is 36.4 Å². The topological polar surface area (TPSA) is 94.2 Å². The lowest BCUT2D eigenvalue weighted by atomic mass is 10.0. The first-order chi connectivity index (χ1) is 19.8. The van der Waals surface area contributed by atoms with Crippen molar-refractivity contribution in [3.05, 3.63) is 83.9 Å². The van der Waals surface area contributed by atoms with E-state index in [-0.39, 0.29) is 6.42 Å². The molecule has 0 saturated heterocycles. The van der Waals surface area contributed by atoms with Crippen molar-refractivity contribution in [3.63, 3.8) is 0 Å². The maximum Gasteiger partial charge on any atom is 0.408 e. The van der Waals surface area contributed by atoms with Gasteiger partial charge >= 0.3 is 12.1 Å². The van der Waals surface area contributed by atoms with Crippen molar-refractivity contribution in [2.24, 2.45) is 0 Å². The summed E-state index contributed by atoms with van der Waals surface area (Å²) in [5.74, 6) is -0.290. The SMILES string of the molecule is CC(C)(C)OC(=O)CC(NC(=O)OC(C)(C)C)C(=O)N1CCc2cc(OCc3ccc(-c4ccccc4)cc3)ccc21. The molecule has 0 aliphatic carbocycles. The van der Waals surface area contributed by atoms with Gasteiger partial charge in [-0.05, 0) is 88.4 Å². The Morgan fingerprint density at radius 3 is 2.12 bits per heavy atom. The molecular weight excluding hydrogens is 532 g/mol. The number of esters is 1. The van der Waals surface area contributed by atoms with Gasteiger partial charge in [-0.3, -0.25) is 9.59 Å². The normalized spacial score (nSPS) is 13.6. The predicted octanol–water partition coefficient (Wildman–Crippen LogP) is 6.45. The quantitative estimate of drug-likeness (QED) is 0.312. The van der Waals surface area contributed by atoms with Gasteiger partial charge in [-0.1, -0.05) is 54.6 Å². The number of nitrogens with zero attached hydrogens (tertiary/aromatic N) is 1. The standard InChI is InChI=1S/C34H40N2O6/c1-33(2,3)41-30(37)21-28(35-32(39)42-34(4,5)6)31(38)36-19-18-26-20-27(16-17-29(26)36)40-22-23-12-14-25(15-13-23)24-10-8-7-9-11-24/h7-17,20,28H,18-19,21-22H2,1-6H3,(H,35,39). The van der Waals surface area contributed by atoms with Gasteiger partial charge in [0.05, 0.1) is 6.42 Å². The van der Waals surface area contributed by atoms with Crippen LogP contribution in [0.1, 0.15) is 59.1 Å². The molecule has 1 N–H and O–H groups in total. The number of alkyl carbamates (subject to hydrolysis) is 1. The van der Waals surface area contributed by atoms with Gasteiger partial charge in [0.25, 0.3) is 0 Å². The summed E-state index contributed by atoms with van der Waals surface area (Å²) in [6.45, 7) is 11.3. The molecule has 222 valence electrons. The van der Waals surface area contributed by atoms with E-state index in [4.69, 9.17) is 14.2 Å². The van der Waals surface area contributed by atoms with Crippen molar-refractivity contribution >= 4 is 23.7 Å². The molecule has 0 radical (unpaired) electrons. The number of rotatable bonds is 8. The molecule has 1 unspecified atom stereocenters. The fourth-order valence-electron chi connectivity index (χ4n) is 4.68. The fraction of sp³-hybridized carbons (Fsp3) is 0.382. The van der Waals surface area contributed by atoms with Crippen LogP contribution in [0.2, 0.25) is 0 Å². The van der Waals surface area contributed by atoms with Gasteiger partial charge in [0.15, 0.2) is 0 Å². The number of nitrogens with one attached hydrogen (secondary N) is 1. The van der Waals surface area contributed by atoms with Gasteiger partial charge in [0, 0.05) is 12.2 Å². The van der Waals surface area contributed by atoms with Crippen molar-refractivity contribution in [1.29, 1.82) is 0 Å². The first-order valence-corrected chi connectivity index (χ1v) is 14.2. The van der Waals surface area contributed by atoms with Crippen LogP contribution in [0.25, 0.3) is 11.1 Å². The third-order valence-electron chi connectivity index (χ3n) is 6.46. The lowest BCUT2D eigenvalue weighted by Crippen LogP contribution is -2.50. The number of anilines is 1. The number of benzene rings is 3. The second-order valence-electron chi connectivity index (χ2n) is 12.4. The number of hydrogen-bond acceptors (Lipinski definition) is 6. The van der Waals surface area contributed by atoms with E-state index in [9.17, 15) is 14.4 Å². The highest BCUT2D eigenvalue weighted by Crippen LogP contribution is 2.32. The Balaban J connectivity index is 1.43. The average molecular weight is 573 g/mol. The van der Waals surface area contributed by atoms with E-state index >= 15 is 0 Å². The second kappa shape index (κ2) is 12.7. The lowest BCUT2D eigenvalue weighted by Gasteiger charge is -2.27. The first-order valence-electron chi connectivity index (χ1n) is 14.2. The molecule has 0 fully saturated rings. The molecule has 3 aromatic rings. The maximum atomic E-state index is 13.7. The van der Waals surface area contributed by atoms with Crippen LogP contribution in [-0.4, -0.2) is 41.8 Å².